The summed E-state index contributed by atoms with van der Waals surface area (Å²) in [5.74, 6) is -1.26. The van der Waals surface area contributed by atoms with E-state index in [4.69, 9.17) is 4.74 Å². The first-order chi connectivity index (χ1) is 17.1. The minimum absolute atomic E-state index is 0.116. The molecule has 2 heterocycles. The lowest BCUT2D eigenvalue weighted by atomic mass is 9.92. The van der Waals surface area contributed by atoms with Crippen molar-refractivity contribution >= 4 is 56.1 Å². The fourth-order valence-electron chi connectivity index (χ4n) is 3.78. The van der Waals surface area contributed by atoms with E-state index in [1.807, 2.05) is 19.9 Å². The van der Waals surface area contributed by atoms with Gasteiger partial charge in [-0.05, 0) is 24.8 Å². The second-order valence-electron chi connectivity index (χ2n) is 8.99. The molecule has 1 unspecified atom stereocenters. The Morgan fingerprint density at radius 1 is 1.14 bits per heavy atom. The highest BCUT2D eigenvalue weighted by molar-refractivity contribution is 8.76. The number of carbonyl (C=O) groups is 4. The molecule has 2 rings (SSSR count). The van der Waals surface area contributed by atoms with Crippen LogP contribution in [0.25, 0.3) is 0 Å². The molecule has 3 amide bonds. The third-order valence-corrected chi connectivity index (χ3v) is 9.30. The van der Waals surface area contributed by atoms with Crippen LogP contribution < -0.4 is 16.0 Å². The number of esters is 1. The number of fused-ring (bicyclic) bond motifs is 7. The van der Waals surface area contributed by atoms with E-state index in [0.29, 0.717) is 12.8 Å². The molecule has 4 N–H and O–H groups in total. The highest BCUT2D eigenvalue weighted by Gasteiger charge is 2.34. The van der Waals surface area contributed by atoms with Crippen molar-refractivity contribution in [2.75, 3.05) is 23.5 Å². The summed E-state index contributed by atoms with van der Waals surface area (Å²) < 4.78 is 17.2. The molecule has 204 valence electrons. The number of hydrogen-bond acceptors (Lipinski definition) is 9. The first-order valence-electron chi connectivity index (χ1n) is 12.1. The number of carbonyl (C=O) groups excluding carboxylic acids is 4. The van der Waals surface area contributed by atoms with E-state index in [-0.39, 0.29) is 36.7 Å². The van der Waals surface area contributed by atoms with Crippen LogP contribution in [0.3, 0.4) is 0 Å². The molecule has 0 aliphatic carbocycles. The summed E-state index contributed by atoms with van der Waals surface area (Å²) in [6.07, 6.45) is 3.73. The van der Waals surface area contributed by atoms with Gasteiger partial charge in [-0.3, -0.25) is 23.4 Å². The van der Waals surface area contributed by atoms with Crippen LogP contribution in [0.1, 0.15) is 46.0 Å². The average Bonchev–Trinajstić information content (AvgIpc) is 2.81. The lowest BCUT2D eigenvalue weighted by molar-refractivity contribution is -0.151. The number of ether oxygens (including phenoxy) is 1. The Kier molecular flexibility index (Phi) is 13.3. The van der Waals surface area contributed by atoms with E-state index in [2.05, 4.69) is 16.0 Å². The number of hydrogen-bond donors (Lipinski definition) is 4. The molecule has 0 aromatic carbocycles. The van der Waals surface area contributed by atoms with Gasteiger partial charge >= 0.3 is 5.97 Å². The standard InChI is InChI=1S/C23H37N3O7S3/c1-4-14(2)21-18(27)12-20(29)33-15-7-5-6-9-34-35-13-17(23(31)26-21)25-22(30)16(8-10-36(3)32)24-19(28)11-15/h5,7,14-18,21,27H,4,6,8-13H2,1-3H3,(H,24,28)(H,25,30)(H,26,31)/b7-5-/t14-,15+,16+,17+,18-,21+,36?/m0/s1. The Bertz CT molecular complexity index is 842. The van der Waals surface area contributed by atoms with Crippen molar-refractivity contribution in [1.82, 2.24) is 16.0 Å². The highest BCUT2D eigenvalue weighted by Crippen LogP contribution is 2.24. The molecule has 0 aromatic rings. The first kappa shape index (κ1) is 30.7. The molecular weight excluding hydrogens is 526 g/mol. The van der Waals surface area contributed by atoms with E-state index in [1.165, 1.54) is 27.8 Å². The highest BCUT2D eigenvalue weighted by atomic mass is 33.1. The molecule has 10 nitrogen and oxygen atoms in total. The Morgan fingerprint density at radius 2 is 1.89 bits per heavy atom. The van der Waals surface area contributed by atoms with Gasteiger partial charge in [0.25, 0.3) is 0 Å². The molecule has 1 saturated heterocycles. The summed E-state index contributed by atoms with van der Waals surface area (Å²) in [5, 5.41) is 19.1. The van der Waals surface area contributed by atoms with Crippen LogP contribution in [0.4, 0.5) is 0 Å². The lowest BCUT2D eigenvalue weighted by Crippen LogP contribution is -2.58. The topological polar surface area (TPSA) is 151 Å². The van der Waals surface area contributed by atoms with Gasteiger partial charge in [-0.25, -0.2) is 0 Å². The van der Waals surface area contributed by atoms with E-state index >= 15 is 0 Å². The molecule has 2 aliphatic heterocycles. The zero-order chi connectivity index (χ0) is 26.7. The van der Waals surface area contributed by atoms with Crippen molar-refractivity contribution in [3.63, 3.8) is 0 Å². The molecule has 0 aromatic heterocycles. The second kappa shape index (κ2) is 15.6. The number of aliphatic hydroxyl groups is 1. The van der Waals surface area contributed by atoms with E-state index in [9.17, 15) is 28.5 Å². The Balaban J connectivity index is 2.47. The van der Waals surface area contributed by atoms with Gasteiger partial charge in [0, 0.05) is 34.3 Å². The maximum Gasteiger partial charge on any atom is 0.309 e. The third-order valence-electron chi connectivity index (χ3n) is 6.04. The van der Waals surface area contributed by atoms with Crippen LogP contribution in [-0.4, -0.2) is 86.9 Å². The summed E-state index contributed by atoms with van der Waals surface area (Å²) in [7, 11) is 1.78. The minimum atomic E-state index is -1.21. The first-order valence-corrected chi connectivity index (χ1v) is 16.3. The monoisotopic (exact) mass is 563 g/mol. The van der Waals surface area contributed by atoms with Crippen molar-refractivity contribution in [1.29, 1.82) is 0 Å². The number of aliphatic hydroxyl groups excluding tert-OH is 1. The lowest BCUT2D eigenvalue weighted by Gasteiger charge is -2.31. The maximum atomic E-state index is 13.3. The molecule has 36 heavy (non-hydrogen) atoms. The van der Waals surface area contributed by atoms with Gasteiger partial charge in [-0.1, -0.05) is 47.9 Å². The predicted molar refractivity (Wildman–Crippen MR) is 143 cm³/mol. The van der Waals surface area contributed by atoms with Crippen molar-refractivity contribution in [3.8, 4) is 0 Å². The Labute approximate surface area is 222 Å². The largest absolute Gasteiger partial charge is 0.457 e. The van der Waals surface area contributed by atoms with Crippen LogP contribution >= 0.6 is 21.6 Å². The Morgan fingerprint density at radius 3 is 2.58 bits per heavy atom. The number of amides is 3. The second-order valence-corrected chi connectivity index (χ2v) is 13.2. The smallest absolute Gasteiger partial charge is 0.309 e. The molecule has 0 radical (unpaired) electrons. The van der Waals surface area contributed by atoms with E-state index < -0.39 is 64.8 Å². The van der Waals surface area contributed by atoms with Crippen LogP contribution in [0.5, 0.6) is 0 Å². The molecule has 2 bridgehead atoms. The van der Waals surface area contributed by atoms with Crippen LogP contribution in [0.15, 0.2) is 12.2 Å². The van der Waals surface area contributed by atoms with Crippen molar-refractivity contribution in [2.24, 2.45) is 5.92 Å². The van der Waals surface area contributed by atoms with Crippen LogP contribution in [0.2, 0.25) is 0 Å². The van der Waals surface area contributed by atoms with Crippen molar-refractivity contribution < 1.29 is 33.2 Å². The molecule has 0 saturated carbocycles. The quantitative estimate of drug-likeness (QED) is 0.215. The summed E-state index contributed by atoms with van der Waals surface area (Å²) in [6.45, 7) is 3.77. The number of nitrogens with one attached hydrogen (secondary N) is 3. The fourth-order valence-corrected chi connectivity index (χ4v) is 6.51. The molecule has 13 heteroatoms. The van der Waals surface area contributed by atoms with E-state index in [1.54, 1.807) is 6.08 Å². The normalized spacial score (nSPS) is 31.8. The summed E-state index contributed by atoms with van der Waals surface area (Å²) in [6, 6.07) is -2.69. The molecule has 7 atom stereocenters. The molecular formula is C23H37N3O7S3. The fraction of sp³-hybridized carbons (Fsp3) is 0.739. The van der Waals surface area contributed by atoms with Gasteiger partial charge in [-0.2, -0.15) is 0 Å². The zero-order valence-corrected chi connectivity index (χ0v) is 23.3. The summed E-state index contributed by atoms with van der Waals surface area (Å²) >= 11 is 0. The molecule has 2 aliphatic rings. The van der Waals surface area contributed by atoms with Gasteiger partial charge in [0.15, 0.2) is 0 Å². The van der Waals surface area contributed by atoms with Crippen molar-refractivity contribution in [2.45, 2.75) is 76.3 Å². The van der Waals surface area contributed by atoms with Crippen LogP contribution in [-0.2, 0) is 34.7 Å². The van der Waals surface area contributed by atoms with Gasteiger partial charge in [0.05, 0.1) is 25.0 Å². The SMILES string of the molecule is CC[C@H](C)[C@H]1NC(=O)[C@H]2CSSCC/C=C\[C@H](CC(=O)N[C@H](CCS(C)=O)C(=O)N2)OC(=O)C[C@@H]1O. The van der Waals surface area contributed by atoms with Gasteiger partial charge in [0.2, 0.25) is 17.7 Å². The molecule has 0 spiro atoms. The number of allylic oxidation sites excluding steroid dienone is 1. The molecule has 1 fully saturated rings. The third kappa shape index (κ3) is 10.4. The van der Waals surface area contributed by atoms with Gasteiger partial charge in [-0.15, -0.1) is 0 Å². The number of rotatable bonds is 5. The van der Waals surface area contributed by atoms with E-state index in [0.717, 1.165) is 5.75 Å². The zero-order valence-electron chi connectivity index (χ0n) is 20.9. The predicted octanol–water partition coefficient (Wildman–Crippen LogP) is 0.663. The Hall–Kier alpha value is -1.57. The maximum absolute atomic E-state index is 13.3. The van der Waals surface area contributed by atoms with Gasteiger partial charge in [0.1, 0.15) is 18.2 Å². The van der Waals surface area contributed by atoms with Crippen LogP contribution in [0, 0.1) is 5.92 Å². The summed E-state index contributed by atoms with van der Waals surface area (Å²) in [5.41, 5.74) is 0. The van der Waals surface area contributed by atoms with Crippen molar-refractivity contribution in [3.05, 3.63) is 12.2 Å². The summed E-state index contributed by atoms with van der Waals surface area (Å²) in [4.78, 5) is 52.0. The van der Waals surface area contributed by atoms with Gasteiger partial charge < -0.3 is 25.8 Å². The average molecular weight is 564 g/mol. The minimum Gasteiger partial charge on any atom is -0.457 e.